The van der Waals surface area contributed by atoms with Crippen LogP contribution in [0, 0.1) is 12.7 Å². The molecule has 3 aromatic rings. The third-order valence-corrected chi connectivity index (χ3v) is 6.06. The summed E-state index contributed by atoms with van der Waals surface area (Å²) in [6.07, 6.45) is 1.17. The van der Waals surface area contributed by atoms with Crippen LogP contribution in [0.25, 0.3) is 6.08 Å². The van der Waals surface area contributed by atoms with Gasteiger partial charge in [-0.25, -0.2) is 18.9 Å². The second kappa shape index (κ2) is 9.93. The first-order valence-electron chi connectivity index (χ1n) is 10.1. The molecule has 0 aliphatic carbocycles. The number of hydrogen-bond acceptors (Lipinski definition) is 5. The molecule has 1 fully saturated rings. The van der Waals surface area contributed by atoms with Crippen molar-refractivity contribution in [2.45, 2.75) is 6.92 Å². The minimum Gasteiger partial charge on any atom is -0.421 e. The van der Waals surface area contributed by atoms with Crippen LogP contribution >= 0.6 is 31.9 Å². The van der Waals surface area contributed by atoms with Crippen molar-refractivity contribution >= 4 is 67.4 Å². The lowest BCUT2D eigenvalue weighted by Crippen LogP contribution is -2.54. The van der Waals surface area contributed by atoms with Gasteiger partial charge in [0.05, 0.1) is 15.7 Å². The van der Waals surface area contributed by atoms with E-state index in [1.807, 2.05) is 12.2 Å². The predicted molar refractivity (Wildman–Crippen MR) is 133 cm³/mol. The second-order valence-electron chi connectivity index (χ2n) is 7.47. The van der Waals surface area contributed by atoms with E-state index in [9.17, 15) is 23.6 Å². The van der Waals surface area contributed by atoms with Crippen LogP contribution in [-0.2, 0) is 9.59 Å². The van der Waals surface area contributed by atoms with Crippen LogP contribution in [0.5, 0.6) is 5.75 Å². The SMILES string of the molecule is Cc1ccc(C(=O)Oc2c(Br)cc(Br)cc2/C=C2/C(=O)NC(=O)N(c3ccccc3F)C2=O)cc1. The third kappa shape index (κ3) is 5.08. The fourth-order valence-electron chi connectivity index (χ4n) is 3.30. The highest BCUT2D eigenvalue weighted by Crippen LogP contribution is 2.36. The molecule has 1 heterocycles. The number of amides is 4. The normalized spacial score (nSPS) is 14.8. The Bertz CT molecular complexity index is 1420. The van der Waals surface area contributed by atoms with Gasteiger partial charge in [-0.15, -0.1) is 0 Å². The van der Waals surface area contributed by atoms with Crippen LogP contribution in [0.2, 0.25) is 0 Å². The van der Waals surface area contributed by atoms with Gasteiger partial charge in [-0.05, 0) is 65.3 Å². The molecule has 3 aromatic carbocycles. The second-order valence-corrected chi connectivity index (χ2v) is 9.24. The minimum atomic E-state index is -1.08. The molecule has 1 aliphatic heterocycles. The summed E-state index contributed by atoms with van der Waals surface area (Å²) in [5.41, 5.74) is 0.688. The zero-order chi connectivity index (χ0) is 25.3. The molecular formula is C25H15Br2FN2O5. The number of para-hydroxylation sites is 1. The van der Waals surface area contributed by atoms with Crippen molar-refractivity contribution in [2.24, 2.45) is 0 Å². The molecule has 0 aromatic heterocycles. The number of rotatable bonds is 4. The topological polar surface area (TPSA) is 92.8 Å². The van der Waals surface area contributed by atoms with E-state index in [1.54, 1.807) is 30.3 Å². The summed E-state index contributed by atoms with van der Waals surface area (Å²) in [6, 6.07) is 14.0. The molecular weight excluding hydrogens is 587 g/mol. The summed E-state index contributed by atoms with van der Waals surface area (Å²) in [5.74, 6) is -3.44. The summed E-state index contributed by atoms with van der Waals surface area (Å²) in [7, 11) is 0. The van der Waals surface area contributed by atoms with Crippen LogP contribution in [0.4, 0.5) is 14.9 Å². The van der Waals surface area contributed by atoms with Gasteiger partial charge < -0.3 is 4.74 Å². The van der Waals surface area contributed by atoms with E-state index >= 15 is 0 Å². The number of benzene rings is 3. The number of carbonyl (C=O) groups is 4. The maximum Gasteiger partial charge on any atom is 0.343 e. The molecule has 1 N–H and O–H groups in total. The molecule has 176 valence electrons. The van der Waals surface area contributed by atoms with Gasteiger partial charge in [-0.2, -0.15) is 0 Å². The Hall–Kier alpha value is -3.63. The first kappa shape index (κ1) is 24.5. The van der Waals surface area contributed by atoms with E-state index < -0.39 is 35.2 Å². The van der Waals surface area contributed by atoms with Gasteiger partial charge in [0.2, 0.25) is 0 Å². The maximum absolute atomic E-state index is 14.3. The Morgan fingerprint density at radius 3 is 2.40 bits per heavy atom. The molecule has 35 heavy (non-hydrogen) atoms. The van der Waals surface area contributed by atoms with Crippen molar-refractivity contribution in [3.8, 4) is 5.75 Å². The summed E-state index contributed by atoms with van der Waals surface area (Å²) in [4.78, 5) is 51.3. The minimum absolute atomic E-state index is 0.0428. The van der Waals surface area contributed by atoms with Gasteiger partial charge in [-0.3, -0.25) is 14.9 Å². The quantitative estimate of drug-likeness (QED) is 0.183. The molecule has 1 aliphatic rings. The Labute approximate surface area is 215 Å². The average molecular weight is 602 g/mol. The predicted octanol–water partition coefficient (Wildman–Crippen LogP) is 5.54. The van der Waals surface area contributed by atoms with Crippen molar-refractivity contribution in [3.05, 3.63) is 97.7 Å². The largest absolute Gasteiger partial charge is 0.421 e. The molecule has 0 unspecified atom stereocenters. The monoisotopic (exact) mass is 600 g/mol. The van der Waals surface area contributed by atoms with Crippen LogP contribution < -0.4 is 15.0 Å². The van der Waals surface area contributed by atoms with Gasteiger partial charge in [-0.1, -0.05) is 45.8 Å². The van der Waals surface area contributed by atoms with E-state index in [0.717, 1.165) is 11.6 Å². The number of ether oxygens (including phenoxy) is 1. The lowest BCUT2D eigenvalue weighted by molar-refractivity contribution is -0.122. The fourth-order valence-corrected chi connectivity index (χ4v) is 4.64. The fraction of sp³-hybridized carbons (Fsp3) is 0.0400. The van der Waals surface area contributed by atoms with Crippen LogP contribution in [0.15, 0.2) is 75.2 Å². The molecule has 0 saturated carbocycles. The summed E-state index contributed by atoms with van der Waals surface area (Å²) >= 11 is 6.67. The number of barbiturate groups is 1. The molecule has 4 amide bonds. The molecule has 0 spiro atoms. The first-order valence-corrected chi connectivity index (χ1v) is 11.7. The molecule has 0 radical (unpaired) electrons. The van der Waals surface area contributed by atoms with E-state index in [2.05, 4.69) is 31.9 Å². The van der Waals surface area contributed by atoms with Gasteiger partial charge in [0.1, 0.15) is 11.4 Å². The Kier molecular flexibility index (Phi) is 6.95. The van der Waals surface area contributed by atoms with Gasteiger partial charge in [0.25, 0.3) is 11.8 Å². The Balaban J connectivity index is 1.76. The van der Waals surface area contributed by atoms with E-state index in [1.165, 1.54) is 30.3 Å². The molecule has 0 bridgehead atoms. The highest BCUT2D eigenvalue weighted by atomic mass is 79.9. The van der Waals surface area contributed by atoms with Gasteiger partial charge >= 0.3 is 12.0 Å². The number of nitrogens with one attached hydrogen (secondary N) is 1. The zero-order valence-corrected chi connectivity index (χ0v) is 21.1. The molecule has 0 atom stereocenters. The maximum atomic E-state index is 14.3. The molecule has 1 saturated heterocycles. The Morgan fingerprint density at radius 1 is 1.03 bits per heavy atom. The van der Waals surface area contributed by atoms with Crippen LogP contribution in [-0.4, -0.2) is 23.8 Å². The number of hydrogen-bond donors (Lipinski definition) is 1. The summed E-state index contributed by atoms with van der Waals surface area (Å²) in [5, 5.41) is 2.04. The number of urea groups is 1. The standard InChI is InChI=1S/C25H15Br2FN2O5/c1-13-6-8-14(9-7-13)24(33)35-21-15(10-16(26)12-18(21)27)11-17-22(31)29-25(34)30(23(17)32)20-5-3-2-4-19(20)28/h2-12H,1H3,(H,29,31,34)/b17-11-. The Morgan fingerprint density at radius 2 is 1.71 bits per heavy atom. The molecule has 10 heteroatoms. The van der Waals surface area contributed by atoms with Crippen molar-refractivity contribution in [3.63, 3.8) is 0 Å². The van der Waals surface area contributed by atoms with Crippen molar-refractivity contribution in [2.75, 3.05) is 4.90 Å². The van der Waals surface area contributed by atoms with Crippen molar-refractivity contribution in [1.29, 1.82) is 0 Å². The number of anilines is 1. The highest BCUT2D eigenvalue weighted by molar-refractivity contribution is 9.11. The first-order chi connectivity index (χ1) is 16.7. The average Bonchev–Trinajstić information content (AvgIpc) is 2.80. The third-order valence-electron chi connectivity index (χ3n) is 5.01. The van der Waals surface area contributed by atoms with Gasteiger partial charge in [0.15, 0.2) is 5.75 Å². The van der Waals surface area contributed by atoms with Crippen molar-refractivity contribution < 1.29 is 28.3 Å². The number of carbonyl (C=O) groups excluding carboxylic acids is 4. The number of nitrogens with zero attached hydrogens (tertiary/aromatic N) is 1. The zero-order valence-electron chi connectivity index (χ0n) is 18.0. The number of imide groups is 2. The lowest BCUT2D eigenvalue weighted by atomic mass is 10.1. The van der Waals surface area contributed by atoms with E-state index in [4.69, 9.17) is 4.74 Å². The number of aryl methyl sites for hydroxylation is 1. The summed E-state index contributed by atoms with van der Waals surface area (Å²) in [6.45, 7) is 1.88. The molecule has 4 rings (SSSR count). The number of esters is 1. The van der Waals surface area contributed by atoms with Crippen LogP contribution in [0.3, 0.4) is 0 Å². The summed E-state index contributed by atoms with van der Waals surface area (Å²) < 4.78 is 20.8. The highest BCUT2D eigenvalue weighted by Gasteiger charge is 2.38. The number of halogens is 3. The smallest absolute Gasteiger partial charge is 0.343 e. The molecule has 7 nitrogen and oxygen atoms in total. The van der Waals surface area contributed by atoms with Gasteiger partial charge in [0, 0.05) is 10.0 Å². The van der Waals surface area contributed by atoms with Crippen LogP contribution in [0.1, 0.15) is 21.5 Å². The lowest BCUT2D eigenvalue weighted by Gasteiger charge is -2.26. The van der Waals surface area contributed by atoms with E-state index in [-0.39, 0.29) is 17.0 Å². The van der Waals surface area contributed by atoms with E-state index in [0.29, 0.717) is 19.4 Å². The van der Waals surface area contributed by atoms with Crippen molar-refractivity contribution in [1.82, 2.24) is 5.32 Å².